The molecule has 1 aromatic heterocycles. The Kier molecular flexibility index (Phi) is 2.21. The van der Waals surface area contributed by atoms with Crippen LogP contribution in [0.4, 0.5) is 5.69 Å². The van der Waals surface area contributed by atoms with Gasteiger partial charge in [-0.3, -0.25) is 9.59 Å². The molecule has 0 atom stereocenters. The number of halogens is 2. The molecule has 0 unspecified atom stereocenters. The van der Waals surface area contributed by atoms with Crippen molar-refractivity contribution in [2.45, 2.75) is 0 Å². The third kappa shape index (κ3) is 1.49. The van der Waals surface area contributed by atoms with Crippen LogP contribution in [0.3, 0.4) is 0 Å². The molecule has 0 radical (unpaired) electrons. The summed E-state index contributed by atoms with van der Waals surface area (Å²) in [7, 11) is 0. The minimum atomic E-state index is -0.786. The summed E-state index contributed by atoms with van der Waals surface area (Å²) in [5, 5.41) is 0.334. The summed E-state index contributed by atoms with van der Waals surface area (Å²) in [4.78, 5) is 26.7. The number of H-pyrrole nitrogens is 2. The molecule has 4 N–H and O–H groups in total. The summed E-state index contributed by atoms with van der Waals surface area (Å²) < 4.78 is 0. The number of aromatic nitrogens is 2. The molecule has 2 aromatic rings. The lowest BCUT2D eigenvalue weighted by molar-refractivity contribution is 1.15. The van der Waals surface area contributed by atoms with Crippen molar-refractivity contribution < 1.29 is 0 Å². The van der Waals surface area contributed by atoms with Gasteiger partial charge in [-0.25, -0.2) is 0 Å². The number of anilines is 1. The van der Waals surface area contributed by atoms with Crippen LogP contribution in [0, 0.1) is 0 Å². The van der Waals surface area contributed by atoms with Crippen molar-refractivity contribution in [2.24, 2.45) is 0 Å². The van der Waals surface area contributed by atoms with Crippen LogP contribution in [0.5, 0.6) is 0 Å². The number of nitrogens with one attached hydrogen (secondary N) is 2. The van der Waals surface area contributed by atoms with Crippen LogP contribution in [0.2, 0.25) is 10.0 Å². The lowest BCUT2D eigenvalue weighted by Gasteiger charge is -2.04. The maximum absolute atomic E-state index is 11.0. The molecule has 0 saturated carbocycles. The zero-order valence-electron chi connectivity index (χ0n) is 7.23. The predicted molar refractivity (Wildman–Crippen MR) is 59.6 cm³/mol. The van der Waals surface area contributed by atoms with Crippen molar-refractivity contribution in [2.75, 3.05) is 5.73 Å². The minimum absolute atomic E-state index is 0.117. The van der Waals surface area contributed by atoms with Crippen LogP contribution in [0.15, 0.2) is 15.7 Å². The molecule has 0 aliphatic heterocycles. The van der Waals surface area contributed by atoms with Crippen LogP contribution in [-0.2, 0) is 0 Å². The van der Waals surface area contributed by atoms with Gasteiger partial charge in [0.2, 0.25) is 0 Å². The lowest BCUT2D eigenvalue weighted by Crippen LogP contribution is -2.29. The third-order valence-electron chi connectivity index (χ3n) is 1.95. The monoisotopic (exact) mass is 245 g/mol. The molecule has 2 rings (SSSR count). The van der Waals surface area contributed by atoms with Gasteiger partial charge < -0.3 is 15.7 Å². The first-order valence-electron chi connectivity index (χ1n) is 3.90. The van der Waals surface area contributed by atoms with Crippen molar-refractivity contribution in [1.29, 1.82) is 0 Å². The fraction of sp³-hybridized carbons (Fsp3) is 0. The maximum atomic E-state index is 11.0. The van der Waals surface area contributed by atoms with Gasteiger partial charge >= 0.3 is 11.1 Å². The fourth-order valence-electron chi connectivity index (χ4n) is 1.20. The number of nitrogen functional groups attached to an aromatic ring is 1. The molecular formula is C8H5Cl2N3O2. The van der Waals surface area contributed by atoms with E-state index in [1.54, 1.807) is 0 Å². The van der Waals surface area contributed by atoms with E-state index in [-0.39, 0.29) is 21.2 Å². The molecule has 78 valence electrons. The second kappa shape index (κ2) is 3.29. The molecule has 0 bridgehead atoms. The molecule has 7 heteroatoms. The van der Waals surface area contributed by atoms with Crippen LogP contribution in [0.25, 0.3) is 11.0 Å². The average Bonchev–Trinajstić information content (AvgIpc) is 2.19. The van der Waals surface area contributed by atoms with E-state index in [0.29, 0.717) is 5.52 Å². The van der Waals surface area contributed by atoms with E-state index in [9.17, 15) is 9.59 Å². The number of hydrogen-bond acceptors (Lipinski definition) is 3. The molecule has 0 amide bonds. The Balaban J connectivity index is 3.06. The highest BCUT2D eigenvalue weighted by molar-refractivity contribution is 6.42. The van der Waals surface area contributed by atoms with Gasteiger partial charge in [-0.15, -0.1) is 0 Å². The first kappa shape index (κ1) is 10.1. The molecular weight excluding hydrogens is 241 g/mol. The van der Waals surface area contributed by atoms with Gasteiger partial charge in [-0.1, -0.05) is 23.2 Å². The van der Waals surface area contributed by atoms with Crippen LogP contribution < -0.4 is 16.9 Å². The Morgan fingerprint density at radius 2 is 1.73 bits per heavy atom. The highest BCUT2D eigenvalue weighted by atomic mass is 35.5. The SMILES string of the molecule is Nc1c(Cl)cc2[nH]c(=O)c(=O)[nH]c2c1Cl. The summed E-state index contributed by atoms with van der Waals surface area (Å²) in [6, 6.07) is 1.43. The Bertz CT molecular complexity index is 659. The number of aromatic amines is 2. The Hall–Kier alpha value is -1.46. The summed E-state index contributed by atoms with van der Waals surface area (Å²) >= 11 is 11.6. The van der Waals surface area contributed by atoms with Gasteiger partial charge in [0.25, 0.3) is 0 Å². The third-order valence-corrected chi connectivity index (χ3v) is 2.65. The average molecular weight is 246 g/mol. The van der Waals surface area contributed by atoms with E-state index < -0.39 is 11.1 Å². The molecule has 0 saturated heterocycles. The van der Waals surface area contributed by atoms with Crippen LogP contribution in [0.1, 0.15) is 0 Å². The molecule has 0 aliphatic carbocycles. The highest BCUT2D eigenvalue weighted by Gasteiger charge is 2.10. The lowest BCUT2D eigenvalue weighted by atomic mass is 10.2. The van der Waals surface area contributed by atoms with Gasteiger partial charge in [0, 0.05) is 0 Å². The topological polar surface area (TPSA) is 91.7 Å². The van der Waals surface area contributed by atoms with Gasteiger partial charge in [-0.2, -0.15) is 0 Å². The summed E-state index contributed by atoms with van der Waals surface area (Å²) in [6.07, 6.45) is 0. The Morgan fingerprint density at radius 3 is 2.40 bits per heavy atom. The Morgan fingerprint density at radius 1 is 1.13 bits per heavy atom. The van der Waals surface area contributed by atoms with Crippen molar-refractivity contribution in [3.63, 3.8) is 0 Å². The van der Waals surface area contributed by atoms with E-state index >= 15 is 0 Å². The molecule has 15 heavy (non-hydrogen) atoms. The van der Waals surface area contributed by atoms with Crippen molar-refractivity contribution in [1.82, 2.24) is 9.97 Å². The van der Waals surface area contributed by atoms with E-state index in [0.717, 1.165) is 0 Å². The zero-order chi connectivity index (χ0) is 11.2. The second-order valence-corrected chi connectivity index (χ2v) is 3.70. The molecule has 0 fully saturated rings. The van der Waals surface area contributed by atoms with Crippen LogP contribution >= 0.6 is 23.2 Å². The smallest absolute Gasteiger partial charge is 0.314 e. The fourth-order valence-corrected chi connectivity index (χ4v) is 1.71. The largest absolute Gasteiger partial charge is 0.396 e. The molecule has 1 heterocycles. The quantitative estimate of drug-likeness (QED) is 0.480. The first-order valence-corrected chi connectivity index (χ1v) is 4.66. The standard InChI is InChI=1S/C8H5Cl2N3O2/c9-2-1-3-6(4(10)5(2)11)13-8(15)7(14)12-3/h1H,11H2,(H,12,14)(H,13,15). The summed E-state index contributed by atoms with van der Waals surface area (Å²) in [6.45, 7) is 0. The van der Waals surface area contributed by atoms with Gasteiger partial charge in [0.05, 0.1) is 26.8 Å². The van der Waals surface area contributed by atoms with Crippen molar-refractivity contribution in [3.05, 3.63) is 36.8 Å². The first-order chi connectivity index (χ1) is 7.00. The minimum Gasteiger partial charge on any atom is -0.396 e. The second-order valence-electron chi connectivity index (χ2n) is 2.92. The van der Waals surface area contributed by atoms with Gasteiger partial charge in [0.1, 0.15) is 0 Å². The van der Waals surface area contributed by atoms with Gasteiger partial charge in [-0.05, 0) is 6.07 Å². The summed E-state index contributed by atoms with van der Waals surface area (Å²) in [5.74, 6) is 0. The molecule has 0 spiro atoms. The summed E-state index contributed by atoms with van der Waals surface area (Å²) in [5.41, 5.74) is 4.77. The van der Waals surface area contributed by atoms with E-state index in [1.807, 2.05) is 0 Å². The Labute approximate surface area is 92.8 Å². The number of rotatable bonds is 0. The number of benzene rings is 1. The van der Waals surface area contributed by atoms with E-state index in [2.05, 4.69) is 9.97 Å². The number of hydrogen-bond donors (Lipinski definition) is 3. The van der Waals surface area contributed by atoms with Gasteiger partial charge in [0.15, 0.2) is 0 Å². The molecule has 5 nitrogen and oxygen atoms in total. The van der Waals surface area contributed by atoms with E-state index in [4.69, 9.17) is 28.9 Å². The normalized spacial score (nSPS) is 10.8. The van der Waals surface area contributed by atoms with Crippen molar-refractivity contribution >= 4 is 39.9 Å². The number of fused-ring (bicyclic) bond motifs is 1. The maximum Gasteiger partial charge on any atom is 0.314 e. The zero-order valence-corrected chi connectivity index (χ0v) is 8.74. The molecule has 0 aliphatic rings. The van der Waals surface area contributed by atoms with Crippen molar-refractivity contribution in [3.8, 4) is 0 Å². The number of nitrogens with two attached hydrogens (primary N) is 1. The highest BCUT2D eigenvalue weighted by Crippen LogP contribution is 2.32. The predicted octanol–water partition coefficient (Wildman–Crippen LogP) is 1.11. The molecule has 1 aromatic carbocycles. The van der Waals surface area contributed by atoms with E-state index in [1.165, 1.54) is 6.07 Å². The van der Waals surface area contributed by atoms with Crippen LogP contribution in [-0.4, -0.2) is 9.97 Å².